The van der Waals surface area contributed by atoms with Crippen molar-refractivity contribution in [2.75, 3.05) is 0 Å². The highest BCUT2D eigenvalue weighted by molar-refractivity contribution is 5.97. The summed E-state index contributed by atoms with van der Waals surface area (Å²) in [7, 11) is 0. The molecule has 182 valence electrons. The second-order valence-corrected chi connectivity index (χ2v) is 9.24. The summed E-state index contributed by atoms with van der Waals surface area (Å²) in [6, 6.07) is 26.4. The average Bonchev–Trinajstić information content (AvgIpc) is 3.62. The molecule has 0 radical (unpaired) electrons. The molecule has 6 heteroatoms. The van der Waals surface area contributed by atoms with Gasteiger partial charge in [0, 0.05) is 30.7 Å². The van der Waals surface area contributed by atoms with Crippen LogP contribution in [0.1, 0.15) is 53.3 Å². The third-order valence-corrected chi connectivity index (χ3v) is 6.74. The van der Waals surface area contributed by atoms with Crippen LogP contribution in [0.25, 0.3) is 11.3 Å². The molecule has 0 aliphatic heterocycles. The van der Waals surface area contributed by atoms with Crippen LogP contribution < -0.4 is 5.32 Å². The maximum atomic E-state index is 14.0. The minimum absolute atomic E-state index is 0.144. The SMILES string of the molecule is O=C(NC1CCCC1)C(c1ccncc1)N(Cc1ccccc1)C(=O)c1ccc(-c2ccccc2)[nH]1. The van der Waals surface area contributed by atoms with Gasteiger partial charge in [0.2, 0.25) is 5.91 Å². The molecule has 6 nitrogen and oxygen atoms in total. The van der Waals surface area contributed by atoms with Crippen molar-refractivity contribution in [3.63, 3.8) is 0 Å². The summed E-state index contributed by atoms with van der Waals surface area (Å²) in [5, 5.41) is 3.22. The van der Waals surface area contributed by atoms with Crippen LogP contribution in [0, 0.1) is 0 Å². The number of aromatic nitrogens is 2. The number of aromatic amines is 1. The van der Waals surface area contributed by atoms with Crippen LogP contribution in [0.15, 0.2) is 97.3 Å². The van der Waals surface area contributed by atoms with Gasteiger partial charge in [0.25, 0.3) is 5.91 Å². The van der Waals surface area contributed by atoms with E-state index in [9.17, 15) is 9.59 Å². The Kier molecular flexibility index (Phi) is 7.22. The third-order valence-electron chi connectivity index (χ3n) is 6.74. The van der Waals surface area contributed by atoms with Gasteiger partial charge in [0.15, 0.2) is 0 Å². The van der Waals surface area contributed by atoms with E-state index < -0.39 is 6.04 Å². The number of benzene rings is 2. The lowest BCUT2D eigenvalue weighted by atomic mass is 10.0. The van der Waals surface area contributed by atoms with Crippen LogP contribution >= 0.6 is 0 Å². The second-order valence-electron chi connectivity index (χ2n) is 9.24. The lowest BCUT2D eigenvalue weighted by Gasteiger charge is -2.32. The summed E-state index contributed by atoms with van der Waals surface area (Å²) in [6.07, 6.45) is 7.50. The Morgan fingerprint density at radius 2 is 1.56 bits per heavy atom. The van der Waals surface area contributed by atoms with E-state index in [0.717, 1.165) is 48.1 Å². The first-order valence-corrected chi connectivity index (χ1v) is 12.5. The minimum atomic E-state index is -0.787. The highest BCUT2D eigenvalue weighted by atomic mass is 16.2. The van der Waals surface area contributed by atoms with Crippen LogP contribution in [-0.2, 0) is 11.3 Å². The molecular formula is C30H30N4O2. The molecule has 2 aromatic heterocycles. The first kappa shape index (κ1) is 23.5. The van der Waals surface area contributed by atoms with Gasteiger partial charge in [-0.3, -0.25) is 14.6 Å². The Labute approximate surface area is 211 Å². The maximum Gasteiger partial charge on any atom is 0.271 e. The monoisotopic (exact) mass is 478 g/mol. The predicted molar refractivity (Wildman–Crippen MR) is 140 cm³/mol. The van der Waals surface area contributed by atoms with E-state index in [1.165, 1.54) is 0 Å². The van der Waals surface area contributed by atoms with Gasteiger partial charge < -0.3 is 15.2 Å². The van der Waals surface area contributed by atoms with Crippen LogP contribution in [0.3, 0.4) is 0 Å². The third kappa shape index (κ3) is 5.38. The first-order valence-electron chi connectivity index (χ1n) is 12.5. The van der Waals surface area contributed by atoms with Crippen molar-refractivity contribution in [3.8, 4) is 11.3 Å². The summed E-state index contributed by atoms with van der Waals surface area (Å²) < 4.78 is 0. The van der Waals surface area contributed by atoms with E-state index in [0.29, 0.717) is 12.2 Å². The molecule has 1 aliphatic carbocycles. The largest absolute Gasteiger partial charge is 0.351 e. The molecule has 0 bridgehead atoms. The number of carbonyl (C=O) groups is 2. The smallest absolute Gasteiger partial charge is 0.271 e. The molecule has 4 aromatic rings. The zero-order valence-electron chi connectivity index (χ0n) is 20.1. The van der Waals surface area contributed by atoms with Gasteiger partial charge in [-0.1, -0.05) is 73.5 Å². The van der Waals surface area contributed by atoms with Crippen LogP contribution in [0.5, 0.6) is 0 Å². The Morgan fingerprint density at radius 3 is 2.25 bits per heavy atom. The molecule has 2 heterocycles. The summed E-state index contributed by atoms with van der Waals surface area (Å²) in [6.45, 7) is 0.296. The zero-order valence-corrected chi connectivity index (χ0v) is 20.1. The van der Waals surface area contributed by atoms with Crippen molar-refractivity contribution in [1.29, 1.82) is 0 Å². The van der Waals surface area contributed by atoms with E-state index in [4.69, 9.17) is 0 Å². The van der Waals surface area contributed by atoms with Crippen molar-refractivity contribution in [1.82, 2.24) is 20.2 Å². The summed E-state index contributed by atoms with van der Waals surface area (Å²) in [5.74, 6) is -0.392. The normalized spacial score (nSPS) is 14.3. The lowest BCUT2D eigenvalue weighted by molar-refractivity contribution is -0.126. The summed E-state index contributed by atoms with van der Waals surface area (Å²) >= 11 is 0. The van der Waals surface area contributed by atoms with Gasteiger partial charge in [-0.25, -0.2) is 0 Å². The number of hydrogen-bond donors (Lipinski definition) is 2. The zero-order chi connectivity index (χ0) is 24.7. The molecule has 0 spiro atoms. The average molecular weight is 479 g/mol. The van der Waals surface area contributed by atoms with Crippen molar-refractivity contribution in [2.24, 2.45) is 0 Å². The van der Waals surface area contributed by atoms with Gasteiger partial charge in [-0.2, -0.15) is 0 Å². The number of nitrogens with zero attached hydrogens (tertiary/aromatic N) is 2. The number of pyridine rings is 1. The van der Waals surface area contributed by atoms with Gasteiger partial charge >= 0.3 is 0 Å². The topological polar surface area (TPSA) is 78.1 Å². The van der Waals surface area contributed by atoms with Crippen LogP contribution in [0.4, 0.5) is 0 Å². The number of H-pyrrole nitrogens is 1. The highest BCUT2D eigenvalue weighted by Crippen LogP contribution is 2.28. The quantitative estimate of drug-likeness (QED) is 0.350. The van der Waals surface area contributed by atoms with Gasteiger partial charge in [0.1, 0.15) is 11.7 Å². The van der Waals surface area contributed by atoms with E-state index in [1.807, 2.05) is 78.9 Å². The Hall–Kier alpha value is -4.19. The van der Waals surface area contributed by atoms with Crippen LogP contribution in [-0.4, -0.2) is 32.7 Å². The van der Waals surface area contributed by atoms with Crippen molar-refractivity contribution >= 4 is 11.8 Å². The number of hydrogen-bond acceptors (Lipinski definition) is 3. The second kappa shape index (κ2) is 11.0. The Balaban J connectivity index is 1.52. The molecule has 2 amide bonds. The molecule has 0 saturated heterocycles. The van der Waals surface area contributed by atoms with E-state index in [2.05, 4.69) is 15.3 Å². The van der Waals surface area contributed by atoms with Crippen molar-refractivity contribution < 1.29 is 9.59 Å². The maximum absolute atomic E-state index is 14.0. The number of nitrogens with one attached hydrogen (secondary N) is 2. The first-order chi connectivity index (χ1) is 17.7. The molecule has 2 N–H and O–H groups in total. The summed E-state index contributed by atoms with van der Waals surface area (Å²) in [4.78, 5) is 36.9. The van der Waals surface area contributed by atoms with E-state index in [1.54, 1.807) is 23.4 Å². The fourth-order valence-electron chi connectivity index (χ4n) is 4.89. The van der Waals surface area contributed by atoms with Crippen LogP contribution in [0.2, 0.25) is 0 Å². The fourth-order valence-corrected chi connectivity index (χ4v) is 4.89. The standard InChI is InChI=1S/C30H30N4O2/c35-29(32-25-13-7-8-14-25)28(24-17-19-31-20-18-24)34(21-22-9-3-1-4-10-22)30(36)27-16-15-26(33-27)23-11-5-2-6-12-23/h1-6,9-12,15-20,25,28,33H,7-8,13-14,21H2,(H,32,35). The van der Waals surface area contributed by atoms with Crippen molar-refractivity contribution in [2.45, 2.75) is 44.3 Å². The van der Waals surface area contributed by atoms with Gasteiger partial charge in [-0.15, -0.1) is 0 Å². The van der Waals surface area contributed by atoms with Crippen molar-refractivity contribution in [3.05, 3.63) is 114 Å². The molecule has 1 fully saturated rings. The molecule has 36 heavy (non-hydrogen) atoms. The minimum Gasteiger partial charge on any atom is -0.351 e. The Bertz CT molecular complexity index is 1280. The number of amides is 2. The van der Waals surface area contributed by atoms with E-state index in [-0.39, 0.29) is 17.9 Å². The van der Waals surface area contributed by atoms with Gasteiger partial charge in [0.05, 0.1) is 0 Å². The molecule has 1 atom stereocenters. The fraction of sp³-hybridized carbons (Fsp3) is 0.233. The number of carbonyl (C=O) groups excluding carboxylic acids is 2. The Morgan fingerprint density at radius 1 is 0.889 bits per heavy atom. The molecular weight excluding hydrogens is 448 g/mol. The molecule has 1 saturated carbocycles. The highest BCUT2D eigenvalue weighted by Gasteiger charge is 2.34. The molecule has 1 unspecified atom stereocenters. The predicted octanol–water partition coefficient (Wildman–Crippen LogP) is 5.52. The summed E-state index contributed by atoms with van der Waals surface area (Å²) in [5.41, 5.74) is 3.98. The lowest BCUT2D eigenvalue weighted by Crippen LogP contribution is -2.46. The molecule has 2 aromatic carbocycles. The molecule has 1 aliphatic rings. The van der Waals surface area contributed by atoms with Gasteiger partial charge in [-0.05, 0) is 53.8 Å². The number of rotatable bonds is 8. The van der Waals surface area contributed by atoms with E-state index >= 15 is 0 Å². The molecule has 5 rings (SSSR count).